The number of rotatable bonds is 6. The van der Waals surface area contributed by atoms with Gasteiger partial charge >= 0.3 is 6.03 Å². The number of benzene rings is 2. The number of urea groups is 1. The molecule has 0 bridgehead atoms. The number of anilines is 1. The number of ketones is 1. The summed E-state index contributed by atoms with van der Waals surface area (Å²) in [5.41, 5.74) is 2.20. The van der Waals surface area contributed by atoms with Crippen LogP contribution in [0.4, 0.5) is 10.5 Å². The largest absolute Gasteiger partial charge is 0.497 e. The number of ether oxygens (including phenoxy) is 1. The van der Waals surface area contributed by atoms with E-state index < -0.39 is 5.41 Å². The van der Waals surface area contributed by atoms with Crippen molar-refractivity contribution in [3.8, 4) is 5.75 Å². The van der Waals surface area contributed by atoms with Gasteiger partial charge < -0.3 is 15.0 Å². The van der Waals surface area contributed by atoms with Crippen LogP contribution < -0.4 is 10.1 Å². The van der Waals surface area contributed by atoms with Gasteiger partial charge in [0, 0.05) is 27.8 Å². The summed E-state index contributed by atoms with van der Waals surface area (Å²) in [7, 11) is 1.63. The highest BCUT2D eigenvalue weighted by Crippen LogP contribution is 2.38. The smallest absolute Gasteiger partial charge is 0.322 e. The Balaban J connectivity index is 1.68. The number of methoxy groups -OCH3 is 1. The summed E-state index contributed by atoms with van der Waals surface area (Å²) in [6, 6.07) is 20.5. The topological polar surface area (TPSA) is 71.5 Å². The van der Waals surface area contributed by atoms with Gasteiger partial charge in [-0.25, -0.2) is 4.79 Å². The first-order valence-corrected chi connectivity index (χ1v) is 13.1. The molecule has 1 unspecified atom stereocenters. The van der Waals surface area contributed by atoms with Gasteiger partial charge in [-0.05, 0) is 72.8 Å². The number of pyridine rings is 1. The van der Waals surface area contributed by atoms with Gasteiger partial charge in [-0.1, -0.05) is 32.0 Å². The first-order valence-electron chi connectivity index (χ1n) is 11.8. The van der Waals surface area contributed by atoms with Gasteiger partial charge in [-0.3, -0.25) is 9.78 Å². The highest BCUT2D eigenvalue weighted by atomic mass is 32.2. The molecule has 7 heteroatoms. The van der Waals surface area contributed by atoms with E-state index >= 15 is 0 Å². The number of nitrogens with zero attached hydrogens (tertiary/aromatic N) is 2. The lowest BCUT2D eigenvalue weighted by Gasteiger charge is -2.46. The van der Waals surface area contributed by atoms with E-state index in [2.05, 4.69) is 10.3 Å². The molecule has 1 aromatic heterocycles. The number of Topliss-reactive ketones (excluding diaryl/α,β-unsaturated/α-hetero) is 1. The van der Waals surface area contributed by atoms with Crippen molar-refractivity contribution in [3.63, 3.8) is 0 Å². The van der Waals surface area contributed by atoms with Crippen molar-refractivity contribution >= 4 is 35.3 Å². The van der Waals surface area contributed by atoms with Crippen molar-refractivity contribution in [2.24, 2.45) is 5.41 Å². The van der Waals surface area contributed by atoms with Crippen LogP contribution in [0.15, 0.2) is 83.4 Å². The molecule has 6 nitrogen and oxygen atoms in total. The number of likely N-dealkylation sites (tertiary alicyclic amines) is 1. The van der Waals surface area contributed by atoms with Crippen LogP contribution >= 0.6 is 11.8 Å². The Morgan fingerprint density at radius 2 is 1.86 bits per heavy atom. The second-order valence-electron chi connectivity index (χ2n) is 9.33. The number of aromatic nitrogens is 1. The molecular formula is C29H31N3O3S. The Bertz CT molecular complexity index is 1240. The molecular weight excluding hydrogens is 470 g/mol. The third-order valence-corrected chi connectivity index (χ3v) is 7.37. The molecule has 36 heavy (non-hydrogen) atoms. The van der Waals surface area contributed by atoms with Gasteiger partial charge in [0.05, 0.1) is 25.4 Å². The van der Waals surface area contributed by atoms with Gasteiger partial charge in [0.25, 0.3) is 0 Å². The summed E-state index contributed by atoms with van der Waals surface area (Å²) >= 11 is 1.65. The molecule has 186 valence electrons. The minimum atomic E-state index is -0.807. The van der Waals surface area contributed by atoms with Crippen molar-refractivity contribution in [2.75, 3.05) is 25.2 Å². The molecule has 4 rings (SSSR count). The molecule has 2 aromatic carbocycles. The monoisotopic (exact) mass is 501 g/mol. The molecule has 1 fully saturated rings. The van der Waals surface area contributed by atoms with E-state index in [4.69, 9.17) is 4.74 Å². The van der Waals surface area contributed by atoms with Crippen molar-refractivity contribution in [1.82, 2.24) is 9.88 Å². The summed E-state index contributed by atoms with van der Waals surface area (Å²) in [4.78, 5) is 34.6. The number of thioether (sulfide) groups is 1. The van der Waals surface area contributed by atoms with Gasteiger partial charge in [-0.2, -0.15) is 0 Å². The molecule has 2 heterocycles. The average Bonchev–Trinajstić information content (AvgIpc) is 2.90. The Hall–Kier alpha value is -3.58. The lowest BCUT2D eigenvalue weighted by molar-refractivity contribution is -0.128. The quantitative estimate of drug-likeness (QED) is 0.334. The second-order valence-corrected chi connectivity index (χ2v) is 10.2. The number of nitrogens with one attached hydrogen (secondary N) is 1. The summed E-state index contributed by atoms with van der Waals surface area (Å²) in [5.74, 6) is 0.793. The van der Waals surface area contributed by atoms with Gasteiger partial charge in [0.2, 0.25) is 0 Å². The van der Waals surface area contributed by atoms with Gasteiger partial charge in [0.15, 0.2) is 5.78 Å². The molecule has 0 saturated carbocycles. The molecule has 1 aliphatic heterocycles. The highest BCUT2D eigenvalue weighted by molar-refractivity contribution is 7.98. The zero-order valence-corrected chi connectivity index (χ0v) is 21.8. The van der Waals surface area contributed by atoms with E-state index in [1.807, 2.05) is 86.8 Å². The normalized spacial score (nSPS) is 18.2. The highest BCUT2D eigenvalue weighted by Gasteiger charge is 2.47. The number of carbonyl (C=O) groups is 2. The standard InChI is InChI=1S/C29H31N3O3S/c1-29(2)26(17-20-8-12-24(35-3)13-9-20)32(28(34)31-22-10-14-25(36-4)15-11-22)19-21(27(29)33)18-23-7-5-6-16-30-23/h5-16,18,26H,17,19H2,1-4H3,(H,31,34)/b21-18+. The van der Waals surface area contributed by atoms with E-state index in [-0.39, 0.29) is 24.4 Å². The Morgan fingerprint density at radius 1 is 1.14 bits per heavy atom. The average molecular weight is 502 g/mol. The molecule has 3 aromatic rings. The number of hydrogen-bond acceptors (Lipinski definition) is 5. The van der Waals surface area contributed by atoms with Crippen molar-refractivity contribution in [3.05, 3.63) is 89.8 Å². The maximum atomic E-state index is 13.7. The van der Waals surface area contributed by atoms with Crippen LogP contribution in [-0.2, 0) is 11.2 Å². The lowest BCUT2D eigenvalue weighted by atomic mass is 9.71. The Morgan fingerprint density at radius 3 is 2.47 bits per heavy atom. The minimum absolute atomic E-state index is 0.0278. The number of piperidine rings is 1. The Kier molecular flexibility index (Phi) is 7.79. The van der Waals surface area contributed by atoms with Crippen LogP contribution in [0.1, 0.15) is 25.1 Å². The van der Waals surface area contributed by atoms with Gasteiger partial charge in [0.1, 0.15) is 5.75 Å². The molecule has 1 atom stereocenters. The van der Waals surface area contributed by atoms with Crippen LogP contribution in [-0.4, -0.2) is 47.7 Å². The SMILES string of the molecule is COc1ccc(CC2N(C(=O)Nc3ccc(SC)cc3)C/C(=C\c3ccccn3)C(=O)C2(C)C)cc1. The van der Waals surface area contributed by atoms with Crippen molar-refractivity contribution in [2.45, 2.75) is 31.2 Å². The predicted molar refractivity (Wildman–Crippen MR) is 145 cm³/mol. The molecule has 0 radical (unpaired) electrons. The van der Waals surface area contributed by atoms with Crippen molar-refractivity contribution in [1.29, 1.82) is 0 Å². The number of hydrogen-bond donors (Lipinski definition) is 1. The summed E-state index contributed by atoms with van der Waals surface area (Å²) in [6.45, 7) is 4.04. The minimum Gasteiger partial charge on any atom is -0.497 e. The van der Waals surface area contributed by atoms with Crippen LogP contribution in [0.2, 0.25) is 0 Å². The maximum absolute atomic E-state index is 13.7. The summed E-state index contributed by atoms with van der Waals surface area (Å²) in [5, 5.41) is 3.04. The van der Waals surface area contributed by atoms with E-state index in [9.17, 15) is 9.59 Å². The fourth-order valence-corrected chi connectivity index (χ4v) is 4.91. The number of carbonyl (C=O) groups excluding carboxylic acids is 2. The van der Waals surface area contributed by atoms with Crippen LogP contribution in [0, 0.1) is 5.41 Å². The Labute approximate surface area is 216 Å². The molecule has 1 aliphatic rings. The van der Waals surface area contributed by atoms with E-state index in [0.29, 0.717) is 23.4 Å². The fourth-order valence-electron chi connectivity index (χ4n) is 4.50. The maximum Gasteiger partial charge on any atom is 0.322 e. The molecule has 1 N–H and O–H groups in total. The molecule has 0 spiro atoms. The van der Waals surface area contributed by atoms with Crippen LogP contribution in [0.25, 0.3) is 6.08 Å². The zero-order valence-electron chi connectivity index (χ0n) is 21.0. The predicted octanol–water partition coefficient (Wildman–Crippen LogP) is 5.95. The third-order valence-electron chi connectivity index (χ3n) is 6.63. The van der Waals surface area contributed by atoms with E-state index in [1.165, 1.54) is 0 Å². The fraction of sp³-hybridized carbons (Fsp3) is 0.276. The third kappa shape index (κ3) is 5.62. The first-order chi connectivity index (χ1) is 17.3. The molecule has 1 saturated heterocycles. The van der Waals surface area contributed by atoms with Crippen LogP contribution in [0.3, 0.4) is 0 Å². The first kappa shape index (κ1) is 25.5. The molecule has 2 amide bonds. The second kappa shape index (κ2) is 11.0. The van der Waals surface area contributed by atoms with E-state index in [0.717, 1.165) is 16.2 Å². The number of amides is 2. The summed E-state index contributed by atoms with van der Waals surface area (Å²) < 4.78 is 5.29. The van der Waals surface area contributed by atoms with E-state index in [1.54, 1.807) is 36.0 Å². The zero-order chi connectivity index (χ0) is 25.7. The lowest BCUT2D eigenvalue weighted by Crippen LogP contribution is -2.59. The van der Waals surface area contributed by atoms with Gasteiger partial charge in [-0.15, -0.1) is 11.8 Å². The molecule has 0 aliphatic carbocycles. The summed E-state index contributed by atoms with van der Waals surface area (Å²) in [6.07, 6.45) is 6.04. The van der Waals surface area contributed by atoms with Crippen LogP contribution in [0.5, 0.6) is 5.75 Å². The van der Waals surface area contributed by atoms with Crippen molar-refractivity contribution < 1.29 is 14.3 Å².